The molecule has 0 fully saturated rings. The summed E-state index contributed by atoms with van der Waals surface area (Å²) in [6, 6.07) is 8.18. The zero-order valence-corrected chi connectivity index (χ0v) is 10.4. The van der Waals surface area contributed by atoms with Crippen molar-refractivity contribution < 1.29 is 9.90 Å². The van der Waals surface area contributed by atoms with Crippen LogP contribution in [-0.4, -0.2) is 17.6 Å². The lowest BCUT2D eigenvalue weighted by atomic mass is 9.94. The van der Waals surface area contributed by atoms with Gasteiger partial charge in [0.05, 0.1) is 5.92 Å². The first kappa shape index (κ1) is 13.7. The number of aryl methyl sites for hydroxylation is 1. The maximum atomic E-state index is 11.1. The number of hydrogen-bond donors (Lipinski definition) is 2. The number of rotatable bonds is 7. The van der Waals surface area contributed by atoms with E-state index in [4.69, 9.17) is 10.8 Å². The molecule has 0 aliphatic heterocycles. The molecule has 3 heteroatoms. The fourth-order valence-corrected chi connectivity index (χ4v) is 1.87. The maximum absolute atomic E-state index is 11.1. The van der Waals surface area contributed by atoms with E-state index < -0.39 is 5.97 Å². The molecule has 0 amide bonds. The summed E-state index contributed by atoms with van der Waals surface area (Å²) in [5.41, 5.74) is 7.78. The van der Waals surface area contributed by atoms with Gasteiger partial charge < -0.3 is 10.8 Å². The smallest absolute Gasteiger partial charge is 0.306 e. The Morgan fingerprint density at radius 1 is 1.29 bits per heavy atom. The molecule has 3 N–H and O–H groups in total. The molecule has 0 radical (unpaired) electrons. The molecular weight excluding hydrogens is 214 g/mol. The molecule has 0 aromatic heterocycles. The quantitative estimate of drug-likeness (QED) is 0.761. The zero-order chi connectivity index (χ0) is 12.7. The summed E-state index contributed by atoms with van der Waals surface area (Å²) in [4.78, 5) is 11.1. The van der Waals surface area contributed by atoms with Gasteiger partial charge in [-0.05, 0) is 43.4 Å². The van der Waals surface area contributed by atoms with Crippen LogP contribution in [0.5, 0.6) is 0 Å². The Kier molecular flexibility index (Phi) is 5.70. The molecule has 1 aromatic carbocycles. The lowest BCUT2D eigenvalue weighted by Crippen LogP contribution is -2.17. The maximum Gasteiger partial charge on any atom is 0.306 e. The molecule has 94 valence electrons. The summed E-state index contributed by atoms with van der Waals surface area (Å²) in [6.07, 6.45) is 3.03. The predicted octanol–water partition coefficient (Wildman–Crippen LogP) is 2.23. The number of aliphatic carboxylic acids is 1. The monoisotopic (exact) mass is 235 g/mol. The molecule has 0 saturated carbocycles. The minimum atomic E-state index is -0.724. The van der Waals surface area contributed by atoms with Crippen molar-refractivity contribution in [2.45, 2.75) is 32.6 Å². The molecule has 0 aliphatic rings. The van der Waals surface area contributed by atoms with E-state index in [1.165, 1.54) is 5.56 Å². The van der Waals surface area contributed by atoms with Gasteiger partial charge in [0, 0.05) is 0 Å². The molecule has 1 atom stereocenters. The molecule has 0 bridgehead atoms. The second-order valence-corrected chi connectivity index (χ2v) is 4.34. The van der Waals surface area contributed by atoms with E-state index in [1.54, 1.807) is 0 Å². The Morgan fingerprint density at radius 2 is 1.88 bits per heavy atom. The molecule has 3 nitrogen and oxygen atoms in total. The molecule has 1 aromatic rings. The highest BCUT2D eigenvalue weighted by molar-refractivity contribution is 5.70. The molecule has 1 rings (SSSR count). The van der Waals surface area contributed by atoms with Crippen LogP contribution in [0.15, 0.2) is 24.3 Å². The lowest BCUT2D eigenvalue weighted by Gasteiger charge is -2.12. The lowest BCUT2D eigenvalue weighted by molar-refractivity contribution is -0.141. The summed E-state index contributed by atoms with van der Waals surface area (Å²) >= 11 is 0. The van der Waals surface area contributed by atoms with E-state index in [1.807, 2.05) is 12.1 Å². The van der Waals surface area contributed by atoms with Crippen molar-refractivity contribution in [3.8, 4) is 0 Å². The van der Waals surface area contributed by atoms with Crippen molar-refractivity contribution in [2.75, 3.05) is 6.54 Å². The summed E-state index contributed by atoms with van der Waals surface area (Å²) < 4.78 is 0. The van der Waals surface area contributed by atoms with Crippen LogP contribution < -0.4 is 5.73 Å². The molecular formula is C14H21NO2. The number of benzene rings is 1. The van der Waals surface area contributed by atoms with E-state index in [0.29, 0.717) is 19.4 Å². The average molecular weight is 235 g/mol. The molecule has 17 heavy (non-hydrogen) atoms. The van der Waals surface area contributed by atoms with E-state index in [0.717, 1.165) is 18.4 Å². The van der Waals surface area contributed by atoms with Crippen molar-refractivity contribution in [1.29, 1.82) is 0 Å². The van der Waals surface area contributed by atoms with E-state index in [-0.39, 0.29) is 5.92 Å². The summed E-state index contributed by atoms with van der Waals surface area (Å²) in [6.45, 7) is 2.66. The number of carboxylic acid groups (broad SMARTS) is 1. The van der Waals surface area contributed by atoms with Gasteiger partial charge >= 0.3 is 5.97 Å². The third-order valence-electron chi connectivity index (χ3n) is 3.02. The predicted molar refractivity (Wildman–Crippen MR) is 68.9 cm³/mol. The van der Waals surface area contributed by atoms with Gasteiger partial charge in [0.25, 0.3) is 0 Å². The van der Waals surface area contributed by atoms with Gasteiger partial charge in [-0.1, -0.05) is 31.2 Å². The van der Waals surface area contributed by atoms with Gasteiger partial charge in [0.1, 0.15) is 0 Å². The van der Waals surface area contributed by atoms with Gasteiger partial charge in [-0.2, -0.15) is 0 Å². The Labute approximate surface area is 103 Å². The second kappa shape index (κ2) is 7.07. The molecule has 1 unspecified atom stereocenters. The summed E-state index contributed by atoms with van der Waals surface area (Å²) in [5.74, 6) is -1.04. The molecule has 0 saturated heterocycles. The topological polar surface area (TPSA) is 63.3 Å². The van der Waals surface area contributed by atoms with Gasteiger partial charge in [-0.15, -0.1) is 0 Å². The minimum Gasteiger partial charge on any atom is -0.481 e. The third kappa shape index (κ3) is 4.57. The highest BCUT2D eigenvalue weighted by Gasteiger charge is 2.17. The van der Waals surface area contributed by atoms with Crippen LogP contribution in [0.1, 0.15) is 30.9 Å². The van der Waals surface area contributed by atoms with Crippen molar-refractivity contribution in [3.63, 3.8) is 0 Å². The minimum absolute atomic E-state index is 0.314. The standard InChI is InChI=1S/C14H21NO2/c1-2-11-5-7-12(8-6-11)10-13(14(16)17)4-3-9-15/h5-8,13H,2-4,9-10,15H2,1H3,(H,16,17). The first-order valence-electron chi connectivity index (χ1n) is 6.18. The Morgan fingerprint density at radius 3 is 2.35 bits per heavy atom. The van der Waals surface area contributed by atoms with Crippen LogP contribution in [0.3, 0.4) is 0 Å². The van der Waals surface area contributed by atoms with Crippen LogP contribution in [0, 0.1) is 5.92 Å². The number of nitrogens with two attached hydrogens (primary N) is 1. The fourth-order valence-electron chi connectivity index (χ4n) is 1.87. The van der Waals surface area contributed by atoms with Gasteiger partial charge in [-0.25, -0.2) is 0 Å². The number of carboxylic acids is 1. The largest absolute Gasteiger partial charge is 0.481 e. The van der Waals surface area contributed by atoms with Gasteiger partial charge in [-0.3, -0.25) is 4.79 Å². The van der Waals surface area contributed by atoms with Crippen LogP contribution >= 0.6 is 0 Å². The number of hydrogen-bond acceptors (Lipinski definition) is 2. The van der Waals surface area contributed by atoms with Crippen molar-refractivity contribution >= 4 is 5.97 Å². The highest BCUT2D eigenvalue weighted by Crippen LogP contribution is 2.15. The Balaban J connectivity index is 2.61. The summed E-state index contributed by atoms with van der Waals surface area (Å²) in [5, 5.41) is 9.12. The third-order valence-corrected chi connectivity index (χ3v) is 3.02. The number of carbonyl (C=O) groups is 1. The SMILES string of the molecule is CCc1ccc(CC(CCCN)C(=O)O)cc1. The Bertz CT molecular complexity index is 346. The van der Waals surface area contributed by atoms with E-state index in [2.05, 4.69) is 19.1 Å². The van der Waals surface area contributed by atoms with Crippen LogP contribution in [0.25, 0.3) is 0 Å². The van der Waals surface area contributed by atoms with E-state index in [9.17, 15) is 4.79 Å². The van der Waals surface area contributed by atoms with Gasteiger partial charge in [0.15, 0.2) is 0 Å². The average Bonchev–Trinajstić information content (AvgIpc) is 2.35. The van der Waals surface area contributed by atoms with Crippen LogP contribution in [0.2, 0.25) is 0 Å². The van der Waals surface area contributed by atoms with Crippen LogP contribution in [-0.2, 0) is 17.6 Å². The van der Waals surface area contributed by atoms with Crippen molar-refractivity contribution in [3.05, 3.63) is 35.4 Å². The second-order valence-electron chi connectivity index (χ2n) is 4.34. The summed E-state index contributed by atoms with van der Waals surface area (Å²) in [7, 11) is 0. The van der Waals surface area contributed by atoms with Gasteiger partial charge in [0.2, 0.25) is 0 Å². The van der Waals surface area contributed by atoms with Crippen molar-refractivity contribution in [1.82, 2.24) is 0 Å². The molecule has 0 aliphatic carbocycles. The highest BCUT2D eigenvalue weighted by atomic mass is 16.4. The normalized spacial score (nSPS) is 12.4. The molecule has 0 spiro atoms. The molecule has 0 heterocycles. The van der Waals surface area contributed by atoms with Crippen LogP contribution in [0.4, 0.5) is 0 Å². The Hall–Kier alpha value is -1.35. The van der Waals surface area contributed by atoms with E-state index >= 15 is 0 Å². The first-order valence-corrected chi connectivity index (χ1v) is 6.18. The van der Waals surface area contributed by atoms with Crippen molar-refractivity contribution in [2.24, 2.45) is 11.7 Å². The first-order chi connectivity index (χ1) is 8.17. The fraction of sp³-hybridized carbons (Fsp3) is 0.500. The zero-order valence-electron chi connectivity index (χ0n) is 10.4.